The summed E-state index contributed by atoms with van der Waals surface area (Å²) in [5.41, 5.74) is 9.38. The van der Waals surface area contributed by atoms with Gasteiger partial charge in [0.1, 0.15) is 17.5 Å². The fraction of sp³-hybridized carbons (Fsp3) is 0.370. The number of carbonyl (C=O) groups excluding carboxylic acids is 7. The molecule has 4 aromatic rings. The van der Waals surface area contributed by atoms with Gasteiger partial charge in [-0.25, -0.2) is 9.59 Å². The van der Waals surface area contributed by atoms with E-state index in [9.17, 15) is 14.4 Å². The van der Waals surface area contributed by atoms with Crippen molar-refractivity contribution in [3.05, 3.63) is 117 Å². The fourth-order valence-corrected chi connectivity index (χ4v) is 7.15. The average Bonchev–Trinajstić information content (AvgIpc) is 3.63. The number of nitrogens with one attached hydrogen (secondary N) is 1. The summed E-state index contributed by atoms with van der Waals surface area (Å²) in [6.45, 7) is 16.0. The maximum atomic E-state index is 13.0. The van der Waals surface area contributed by atoms with Crippen LogP contribution < -0.4 is 20.9 Å². The van der Waals surface area contributed by atoms with Crippen molar-refractivity contribution in [3.8, 4) is 0 Å². The fourth-order valence-electron chi connectivity index (χ4n) is 6.62. The molecule has 326 valence electrons. The number of para-hydroxylation sites is 2. The molecule has 0 saturated carbocycles. The van der Waals surface area contributed by atoms with Gasteiger partial charge in [-0.05, 0) is 146 Å². The monoisotopic (exact) mass is 964 g/mol. The van der Waals surface area contributed by atoms with E-state index in [1.165, 1.54) is 5.56 Å². The Kier molecular flexibility index (Phi) is 19.8. The number of amides is 2. The van der Waals surface area contributed by atoms with Gasteiger partial charge in [-0.1, -0.05) is 68.3 Å². The Morgan fingerprint density at radius 1 is 0.689 bits per heavy atom. The van der Waals surface area contributed by atoms with Gasteiger partial charge in [-0.2, -0.15) is 19.2 Å². The summed E-state index contributed by atoms with van der Waals surface area (Å²) in [7, 11) is 0. The number of ether oxygens (including phenoxy) is 2. The number of rotatable bonds is 6. The van der Waals surface area contributed by atoms with E-state index in [0.29, 0.717) is 12.8 Å². The molecule has 2 aliphatic rings. The first kappa shape index (κ1) is 51.6. The van der Waals surface area contributed by atoms with Crippen molar-refractivity contribution >= 4 is 85.4 Å². The molecule has 2 atom stereocenters. The van der Waals surface area contributed by atoms with Crippen LogP contribution in [-0.2, 0) is 46.3 Å². The maximum Gasteiger partial charge on any atom is 0.415 e. The van der Waals surface area contributed by atoms with E-state index in [-0.39, 0.29) is 23.9 Å². The van der Waals surface area contributed by atoms with Crippen molar-refractivity contribution in [2.75, 3.05) is 27.4 Å². The predicted octanol–water partition coefficient (Wildman–Crippen LogP) is 10.2. The van der Waals surface area contributed by atoms with Crippen molar-refractivity contribution < 1.29 is 43.0 Å². The molecule has 2 unspecified atom stereocenters. The van der Waals surface area contributed by atoms with E-state index in [2.05, 4.69) is 50.2 Å². The van der Waals surface area contributed by atoms with Crippen molar-refractivity contribution in [2.45, 2.75) is 103 Å². The summed E-state index contributed by atoms with van der Waals surface area (Å²) >= 11 is 6.74. The number of aldehydes is 1. The number of nitrogen functional groups attached to an aromatic ring is 1. The summed E-state index contributed by atoms with van der Waals surface area (Å²) < 4.78 is 13.3. The Morgan fingerprint density at radius 2 is 1.07 bits per heavy atom. The van der Waals surface area contributed by atoms with Crippen LogP contribution in [0, 0.1) is 0 Å². The molecule has 6 rings (SSSR count). The second-order valence-electron chi connectivity index (χ2n) is 16.5. The molecule has 2 heterocycles. The number of carbonyl (C=O) groups is 3. The van der Waals surface area contributed by atoms with Gasteiger partial charge in [0.2, 0.25) is 0 Å². The standard InChI is InChI=1S/C22H27BrN2O2.C16H21NO3.C6H6BrN.2CO2/c1-21(2,3)27-20(26)25-19-8-6-5-7-16(19)15-22(25,4)13-14-24-18-11-9-17(23)10-12-18;1-15(2,3)20-14(19)17-13-8-6-5-7-12(13)11-16(17,4)9-10-18;7-5-1-3-6(8)4-2-5;2*2-1-3/h5-12,24H,13-15H2,1-4H3;5-8,10H,9,11H2,1-4H3;1-4H,8H2;;. The van der Waals surface area contributed by atoms with E-state index in [0.717, 1.165) is 62.9 Å². The van der Waals surface area contributed by atoms with E-state index >= 15 is 0 Å². The van der Waals surface area contributed by atoms with Gasteiger partial charge in [0.25, 0.3) is 0 Å². The van der Waals surface area contributed by atoms with Gasteiger partial charge in [0.15, 0.2) is 0 Å². The molecule has 13 nitrogen and oxygen atoms in total. The minimum atomic E-state index is -0.559. The van der Waals surface area contributed by atoms with Crippen molar-refractivity contribution in [2.24, 2.45) is 0 Å². The highest BCUT2D eigenvalue weighted by atomic mass is 79.9. The highest BCUT2D eigenvalue weighted by Crippen LogP contribution is 2.42. The van der Waals surface area contributed by atoms with Gasteiger partial charge < -0.3 is 25.3 Å². The second kappa shape index (κ2) is 23.4. The Balaban J connectivity index is 0.000000328. The number of anilines is 4. The van der Waals surface area contributed by atoms with Crippen molar-refractivity contribution in [1.29, 1.82) is 0 Å². The SMILES string of the molecule is CC(C)(C)OC(=O)N1c2ccccc2CC1(C)CC=O.CC(C)(C)OC(=O)N1c2ccccc2CC1(C)CCNc1ccc(Br)cc1.Nc1ccc(Br)cc1.O=C=O.O=C=O. The molecule has 2 aliphatic heterocycles. The predicted molar refractivity (Wildman–Crippen MR) is 241 cm³/mol. The topological polar surface area (TPSA) is 182 Å². The number of benzene rings is 4. The smallest absolute Gasteiger partial charge is 0.415 e. The van der Waals surface area contributed by atoms with E-state index in [1.54, 1.807) is 4.90 Å². The zero-order valence-corrected chi connectivity index (χ0v) is 38.9. The lowest BCUT2D eigenvalue weighted by molar-refractivity contribution is -0.193. The van der Waals surface area contributed by atoms with Gasteiger partial charge in [-0.15, -0.1) is 0 Å². The van der Waals surface area contributed by atoms with Crippen molar-refractivity contribution in [1.82, 2.24) is 0 Å². The number of nitrogens with zero attached hydrogens (tertiary/aromatic N) is 2. The Hall–Kier alpha value is -5.59. The lowest BCUT2D eigenvalue weighted by Gasteiger charge is -2.37. The molecule has 0 saturated heterocycles. The minimum Gasteiger partial charge on any atom is -0.443 e. The highest BCUT2D eigenvalue weighted by molar-refractivity contribution is 9.10. The van der Waals surface area contributed by atoms with Crippen LogP contribution in [-0.4, -0.2) is 59.6 Å². The molecule has 61 heavy (non-hydrogen) atoms. The molecule has 2 amide bonds. The minimum absolute atomic E-state index is 0.250. The normalized spacial score (nSPS) is 16.9. The Bertz CT molecular complexity index is 2090. The lowest BCUT2D eigenvalue weighted by Crippen LogP contribution is -2.50. The molecule has 0 bridgehead atoms. The maximum absolute atomic E-state index is 13.0. The van der Waals surface area contributed by atoms with Crippen molar-refractivity contribution in [3.63, 3.8) is 0 Å². The third kappa shape index (κ3) is 16.4. The Morgan fingerprint density at radius 3 is 1.46 bits per heavy atom. The van der Waals surface area contributed by atoms with E-state index in [1.807, 2.05) is 144 Å². The summed E-state index contributed by atoms with van der Waals surface area (Å²) in [5.74, 6) is 0. The zero-order valence-electron chi connectivity index (χ0n) is 35.8. The average molecular weight is 967 g/mol. The van der Waals surface area contributed by atoms with Gasteiger partial charge in [0.05, 0.1) is 22.5 Å². The van der Waals surface area contributed by atoms with Crippen LogP contribution in [0.2, 0.25) is 0 Å². The first-order valence-corrected chi connectivity index (χ1v) is 20.8. The first-order valence-electron chi connectivity index (χ1n) is 19.2. The molecule has 15 heteroatoms. The number of hydrogen-bond acceptors (Lipinski definition) is 11. The van der Waals surface area contributed by atoms with Crippen LogP contribution in [0.1, 0.15) is 79.4 Å². The molecule has 4 aromatic carbocycles. The largest absolute Gasteiger partial charge is 0.443 e. The molecule has 3 N–H and O–H groups in total. The summed E-state index contributed by atoms with van der Waals surface area (Å²) in [6.07, 6.45) is 3.29. The molecule has 0 spiro atoms. The highest BCUT2D eigenvalue weighted by Gasteiger charge is 2.46. The number of nitrogens with two attached hydrogens (primary N) is 1. The van der Waals surface area contributed by atoms with Crippen LogP contribution in [0.25, 0.3) is 0 Å². The van der Waals surface area contributed by atoms with E-state index in [4.69, 9.17) is 34.4 Å². The summed E-state index contributed by atoms with van der Waals surface area (Å²) in [5, 5.41) is 3.46. The molecular formula is C46H54Br2N4O9. The quantitative estimate of drug-likeness (QED) is 0.139. The molecular weight excluding hydrogens is 912 g/mol. The van der Waals surface area contributed by atoms with Crippen LogP contribution in [0.15, 0.2) is 106 Å². The van der Waals surface area contributed by atoms with Crippen LogP contribution in [0.4, 0.5) is 32.3 Å². The zero-order chi connectivity index (χ0) is 46.0. The van der Waals surface area contributed by atoms with Gasteiger partial charge in [-0.3, -0.25) is 9.80 Å². The van der Waals surface area contributed by atoms with Crippen LogP contribution in [0.3, 0.4) is 0 Å². The number of fused-ring (bicyclic) bond motifs is 2. The number of hydrogen-bond donors (Lipinski definition) is 2. The summed E-state index contributed by atoms with van der Waals surface area (Å²) in [4.78, 5) is 72.5. The third-order valence-electron chi connectivity index (χ3n) is 9.07. The Labute approximate surface area is 374 Å². The lowest BCUT2D eigenvalue weighted by atomic mass is 9.92. The third-order valence-corrected chi connectivity index (χ3v) is 10.1. The van der Waals surface area contributed by atoms with Crippen LogP contribution >= 0.6 is 31.9 Å². The second-order valence-corrected chi connectivity index (χ2v) is 18.3. The first-order chi connectivity index (χ1) is 28.6. The van der Waals surface area contributed by atoms with E-state index < -0.39 is 22.8 Å². The molecule has 0 radical (unpaired) electrons. The van der Waals surface area contributed by atoms with Gasteiger partial charge >= 0.3 is 24.5 Å². The molecule has 0 fully saturated rings. The van der Waals surface area contributed by atoms with Gasteiger partial charge in [0, 0.05) is 33.3 Å². The molecule has 0 aromatic heterocycles. The number of halogens is 2. The summed E-state index contributed by atoms with van der Waals surface area (Å²) in [6, 6.07) is 31.5. The van der Waals surface area contributed by atoms with Crippen LogP contribution in [0.5, 0.6) is 0 Å². The molecule has 0 aliphatic carbocycles.